The van der Waals surface area contributed by atoms with Crippen LogP contribution < -0.4 is 5.32 Å². The van der Waals surface area contributed by atoms with Crippen LogP contribution in [0.4, 0.5) is 0 Å². The van der Waals surface area contributed by atoms with Crippen molar-refractivity contribution in [2.45, 2.75) is 5.66 Å². The lowest BCUT2D eigenvalue weighted by Crippen LogP contribution is -2.45. The number of aliphatic imine (C=N–C) groups is 1. The topological polar surface area (TPSA) is 40.0 Å². The van der Waals surface area contributed by atoms with Gasteiger partial charge in [0.1, 0.15) is 0 Å². The molecule has 0 amide bonds. The van der Waals surface area contributed by atoms with Gasteiger partial charge in [-0.3, -0.25) is 15.3 Å². The van der Waals surface area contributed by atoms with E-state index in [4.69, 9.17) is 0 Å². The summed E-state index contributed by atoms with van der Waals surface area (Å²) >= 11 is 0. The van der Waals surface area contributed by atoms with Crippen molar-refractivity contribution < 1.29 is 0 Å². The number of hydrogen-bond acceptors (Lipinski definition) is 4. The molecule has 1 unspecified atom stereocenters. The molecule has 66 valence electrons. The van der Waals surface area contributed by atoms with Crippen LogP contribution in [0.2, 0.25) is 0 Å². The molecular formula is C9H10N4. The third-order valence-corrected chi connectivity index (χ3v) is 2.63. The van der Waals surface area contributed by atoms with Crippen molar-refractivity contribution in [3.05, 3.63) is 23.8 Å². The van der Waals surface area contributed by atoms with E-state index in [0.29, 0.717) is 0 Å². The van der Waals surface area contributed by atoms with E-state index in [-0.39, 0.29) is 5.66 Å². The van der Waals surface area contributed by atoms with Crippen LogP contribution >= 0.6 is 0 Å². The van der Waals surface area contributed by atoms with Crippen LogP contribution in [0.3, 0.4) is 0 Å². The van der Waals surface area contributed by atoms with Gasteiger partial charge >= 0.3 is 0 Å². The fourth-order valence-corrected chi connectivity index (χ4v) is 1.96. The minimum Gasteiger partial charge on any atom is -0.294 e. The van der Waals surface area contributed by atoms with Gasteiger partial charge in [0.05, 0.1) is 6.67 Å². The number of dihydropyridines is 1. The van der Waals surface area contributed by atoms with Crippen LogP contribution in [0.1, 0.15) is 0 Å². The average molecular weight is 174 g/mol. The van der Waals surface area contributed by atoms with Gasteiger partial charge in [-0.05, 0) is 12.2 Å². The van der Waals surface area contributed by atoms with Crippen LogP contribution in [0.25, 0.3) is 0 Å². The summed E-state index contributed by atoms with van der Waals surface area (Å²) in [6.45, 7) is 1.62. The number of nitrogens with zero attached hydrogens (tertiary/aromatic N) is 3. The molecule has 1 saturated heterocycles. The van der Waals surface area contributed by atoms with Gasteiger partial charge < -0.3 is 0 Å². The second kappa shape index (κ2) is 2.29. The number of allylic oxidation sites excluding steroid dienone is 2. The van der Waals surface area contributed by atoms with Crippen LogP contribution in [0.15, 0.2) is 33.9 Å². The summed E-state index contributed by atoms with van der Waals surface area (Å²) in [4.78, 5) is 4.51. The maximum atomic E-state index is 4.51. The Labute approximate surface area is 76.3 Å². The molecule has 3 aliphatic heterocycles. The zero-order chi connectivity index (χ0) is 8.73. The molecule has 0 saturated carbocycles. The highest BCUT2D eigenvalue weighted by Gasteiger charge is 2.44. The first-order valence-corrected chi connectivity index (χ1v) is 4.37. The zero-order valence-corrected chi connectivity index (χ0v) is 7.14. The average Bonchev–Trinajstić information content (AvgIpc) is 2.58. The largest absolute Gasteiger partial charge is 0.294 e. The quantitative estimate of drug-likeness (QED) is 0.566. The highest BCUT2D eigenvalue weighted by Crippen LogP contribution is 2.33. The van der Waals surface area contributed by atoms with Gasteiger partial charge in [0.2, 0.25) is 0 Å². The maximum absolute atomic E-state index is 4.51. The molecule has 0 bridgehead atoms. The Balaban J connectivity index is 2.15. The summed E-state index contributed by atoms with van der Waals surface area (Å²) in [5.74, 6) is 0. The van der Waals surface area contributed by atoms with Crippen molar-refractivity contribution >= 4 is 12.4 Å². The fourth-order valence-electron chi connectivity index (χ4n) is 1.96. The molecule has 1 spiro atoms. The Hall–Kier alpha value is -1.42. The highest BCUT2D eigenvalue weighted by molar-refractivity contribution is 5.81. The molecule has 0 aromatic heterocycles. The molecule has 3 rings (SSSR count). The van der Waals surface area contributed by atoms with E-state index in [2.05, 4.69) is 21.5 Å². The number of nitrogens with one attached hydrogen (secondary N) is 1. The van der Waals surface area contributed by atoms with Gasteiger partial charge in [0.25, 0.3) is 0 Å². The van der Waals surface area contributed by atoms with Gasteiger partial charge in [-0.2, -0.15) is 5.10 Å². The molecule has 1 fully saturated rings. The first kappa shape index (κ1) is 7.03. The van der Waals surface area contributed by atoms with E-state index in [1.807, 2.05) is 29.6 Å². The van der Waals surface area contributed by atoms with Gasteiger partial charge in [-0.15, -0.1) is 0 Å². The van der Waals surface area contributed by atoms with Crippen LogP contribution in [-0.2, 0) is 0 Å². The molecule has 3 heterocycles. The second-order valence-electron chi connectivity index (χ2n) is 3.32. The van der Waals surface area contributed by atoms with Crippen molar-refractivity contribution in [3.63, 3.8) is 0 Å². The molecule has 0 aromatic carbocycles. The molecular weight excluding hydrogens is 164 g/mol. The predicted octanol–water partition coefficient (Wildman–Crippen LogP) is 0.112. The van der Waals surface area contributed by atoms with Gasteiger partial charge in [-0.1, -0.05) is 6.08 Å². The molecule has 0 aromatic rings. The Bertz CT molecular complexity index is 353. The Kier molecular flexibility index (Phi) is 1.24. The lowest BCUT2D eigenvalue weighted by Gasteiger charge is -2.35. The highest BCUT2D eigenvalue weighted by atomic mass is 15.6. The first-order chi connectivity index (χ1) is 6.42. The van der Waals surface area contributed by atoms with Crippen molar-refractivity contribution in [2.24, 2.45) is 10.1 Å². The molecule has 1 N–H and O–H groups in total. The summed E-state index contributed by atoms with van der Waals surface area (Å²) in [5, 5.41) is 9.55. The maximum Gasteiger partial charge on any atom is 0.186 e. The molecule has 0 aliphatic carbocycles. The summed E-state index contributed by atoms with van der Waals surface area (Å²) in [7, 11) is 0. The van der Waals surface area contributed by atoms with E-state index < -0.39 is 0 Å². The van der Waals surface area contributed by atoms with E-state index in [9.17, 15) is 0 Å². The number of rotatable bonds is 0. The summed E-state index contributed by atoms with van der Waals surface area (Å²) in [6.07, 6.45) is 9.76. The lowest BCUT2D eigenvalue weighted by molar-refractivity contribution is 0.199. The molecule has 0 radical (unpaired) electrons. The third kappa shape index (κ3) is 0.781. The third-order valence-electron chi connectivity index (χ3n) is 2.63. The van der Waals surface area contributed by atoms with E-state index in [0.717, 1.165) is 13.2 Å². The first-order valence-electron chi connectivity index (χ1n) is 4.37. The molecule has 4 nitrogen and oxygen atoms in total. The predicted molar refractivity (Wildman–Crippen MR) is 51.6 cm³/mol. The molecule has 3 aliphatic rings. The smallest absolute Gasteiger partial charge is 0.186 e. The molecule has 13 heavy (non-hydrogen) atoms. The Morgan fingerprint density at radius 1 is 1.46 bits per heavy atom. The zero-order valence-electron chi connectivity index (χ0n) is 7.14. The minimum absolute atomic E-state index is 0.247. The normalized spacial score (nSPS) is 34.5. The van der Waals surface area contributed by atoms with Crippen molar-refractivity contribution in [2.75, 3.05) is 13.2 Å². The standard InChI is InChI=1S/C9H10N4/c1-2-8-3-5-12-13-7-10-6-9(8,13)11-4-1/h1-5,10H,6-7H2. The summed E-state index contributed by atoms with van der Waals surface area (Å²) in [6, 6.07) is 0. The summed E-state index contributed by atoms with van der Waals surface area (Å²) < 4.78 is 0. The van der Waals surface area contributed by atoms with Crippen molar-refractivity contribution in [1.29, 1.82) is 0 Å². The SMILES string of the molecule is C1=CC2=CC=NN3CNCC23N=C1. The van der Waals surface area contributed by atoms with E-state index in [1.54, 1.807) is 0 Å². The fraction of sp³-hybridized carbons (Fsp3) is 0.333. The number of hydrazone groups is 1. The van der Waals surface area contributed by atoms with Gasteiger partial charge in [0.15, 0.2) is 5.66 Å². The van der Waals surface area contributed by atoms with Crippen molar-refractivity contribution in [3.8, 4) is 0 Å². The lowest BCUT2D eigenvalue weighted by atomic mass is 9.97. The van der Waals surface area contributed by atoms with Crippen LogP contribution in [-0.4, -0.2) is 36.3 Å². The molecule has 1 atom stereocenters. The molecule has 4 heteroatoms. The van der Waals surface area contributed by atoms with Gasteiger partial charge in [-0.25, -0.2) is 0 Å². The van der Waals surface area contributed by atoms with E-state index >= 15 is 0 Å². The Morgan fingerprint density at radius 2 is 2.46 bits per heavy atom. The van der Waals surface area contributed by atoms with Crippen LogP contribution in [0, 0.1) is 0 Å². The van der Waals surface area contributed by atoms with Gasteiger partial charge in [0, 0.05) is 24.5 Å². The Morgan fingerprint density at radius 3 is 3.46 bits per heavy atom. The van der Waals surface area contributed by atoms with E-state index in [1.165, 1.54) is 5.57 Å². The second-order valence-corrected chi connectivity index (χ2v) is 3.32. The summed E-state index contributed by atoms with van der Waals surface area (Å²) in [5.41, 5.74) is 0.971. The van der Waals surface area contributed by atoms with Crippen molar-refractivity contribution in [1.82, 2.24) is 10.3 Å². The number of hydrogen-bond donors (Lipinski definition) is 1. The monoisotopic (exact) mass is 174 g/mol. The minimum atomic E-state index is -0.247. The van der Waals surface area contributed by atoms with Crippen LogP contribution in [0.5, 0.6) is 0 Å².